The second-order valence-corrected chi connectivity index (χ2v) is 9.19. The van der Waals surface area contributed by atoms with E-state index in [1.807, 2.05) is 20.8 Å². The Morgan fingerprint density at radius 1 is 1.27 bits per heavy atom. The van der Waals surface area contributed by atoms with E-state index in [2.05, 4.69) is 20.7 Å². The molecule has 0 bridgehead atoms. The molecule has 0 atom stereocenters. The number of hydrogen-bond acceptors (Lipinski definition) is 4. The lowest BCUT2D eigenvalue weighted by Crippen LogP contribution is -2.59. The lowest BCUT2D eigenvalue weighted by Gasteiger charge is -2.42. The van der Waals surface area contributed by atoms with Gasteiger partial charge in [-0.1, -0.05) is 12.1 Å². The van der Waals surface area contributed by atoms with Crippen LogP contribution in [0.2, 0.25) is 0 Å². The van der Waals surface area contributed by atoms with Crippen molar-refractivity contribution in [2.45, 2.75) is 57.7 Å². The second kappa shape index (κ2) is 7.37. The van der Waals surface area contributed by atoms with Gasteiger partial charge >= 0.3 is 6.03 Å². The average Bonchev–Trinajstić information content (AvgIpc) is 2.97. The number of benzene rings is 1. The number of aromatic nitrogens is 3. The normalized spacial score (nSPS) is 18.5. The van der Waals surface area contributed by atoms with Crippen LogP contribution in [0.4, 0.5) is 9.18 Å². The molecule has 1 fully saturated rings. The molecule has 3 amide bonds. The molecule has 2 N–H and O–H groups in total. The fourth-order valence-electron chi connectivity index (χ4n) is 4.04. The number of carbonyl (C=O) groups excluding carboxylic acids is 2. The molecule has 3 heterocycles. The highest BCUT2D eigenvalue weighted by atomic mass is 19.1. The number of nitrogens with zero attached hydrogens (tertiary/aromatic N) is 4. The van der Waals surface area contributed by atoms with Gasteiger partial charge in [0, 0.05) is 30.6 Å². The monoisotopic (exact) mass is 414 g/mol. The summed E-state index contributed by atoms with van der Waals surface area (Å²) >= 11 is 0. The summed E-state index contributed by atoms with van der Waals surface area (Å²) in [4.78, 5) is 31.4. The van der Waals surface area contributed by atoms with Crippen LogP contribution in [0.15, 0.2) is 24.3 Å². The van der Waals surface area contributed by atoms with Crippen LogP contribution < -0.4 is 10.6 Å². The summed E-state index contributed by atoms with van der Waals surface area (Å²) in [7, 11) is 0. The van der Waals surface area contributed by atoms with Crippen LogP contribution in [0.3, 0.4) is 0 Å². The first kappa shape index (κ1) is 20.3. The Hall–Kier alpha value is -2.97. The number of carbonyl (C=O) groups is 2. The zero-order valence-corrected chi connectivity index (χ0v) is 17.5. The van der Waals surface area contributed by atoms with E-state index in [0.717, 1.165) is 0 Å². The lowest BCUT2D eigenvalue weighted by molar-refractivity contribution is -0.123. The van der Waals surface area contributed by atoms with Gasteiger partial charge in [0.05, 0.1) is 5.54 Å². The molecule has 8 nitrogen and oxygen atoms in total. The van der Waals surface area contributed by atoms with Gasteiger partial charge in [-0.15, -0.1) is 0 Å². The fourth-order valence-corrected chi connectivity index (χ4v) is 4.04. The van der Waals surface area contributed by atoms with Crippen LogP contribution in [-0.2, 0) is 17.8 Å². The summed E-state index contributed by atoms with van der Waals surface area (Å²) in [5.41, 5.74) is -0.179. The first-order valence-electron chi connectivity index (χ1n) is 10.2. The van der Waals surface area contributed by atoms with Crippen LogP contribution in [0.5, 0.6) is 0 Å². The number of rotatable bonds is 1. The van der Waals surface area contributed by atoms with Crippen LogP contribution >= 0.6 is 0 Å². The number of likely N-dealkylation sites (tertiary alicyclic amines) is 1. The topological polar surface area (TPSA) is 92.2 Å². The highest BCUT2D eigenvalue weighted by Crippen LogP contribution is 2.29. The average molecular weight is 414 g/mol. The Morgan fingerprint density at radius 3 is 2.67 bits per heavy atom. The summed E-state index contributed by atoms with van der Waals surface area (Å²) < 4.78 is 15.2. The molecule has 1 spiro atoms. The van der Waals surface area contributed by atoms with Crippen molar-refractivity contribution in [1.29, 1.82) is 0 Å². The van der Waals surface area contributed by atoms with Crippen LogP contribution in [0.1, 0.15) is 39.4 Å². The van der Waals surface area contributed by atoms with E-state index in [1.165, 1.54) is 12.1 Å². The molecule has 0 aliphatic carbocycles. The zero-order chi connectivity index (χ0) is 21.5. The van der Waals surface area contributed by atoms with Crippen molar-refractivity contribution in [1.82, 2.24) is 30.3 Å². The first-order chi connectivity index (χ1) is 14.1. The van der Waals surface area contributed by atoms with Gasteiger partial charge in [0.15, 0.2) is 5.82 Å². The molecule has 1 aromatic heterocycles. The smallest absolute Gasteiger partial charge is 0.317 e. The van der Waals surface area contributed by atoms with E-state index >= 15 is 0 Å². The van der Waals surface area contributed by atoms with Gasteiger partial charge in [0.25, 0.3) is 0 Å². The minimum absolute atomic E-state index is 0.0770. The molecular weight excluding hydrogens is 387 g/mol. The van der Waals surface area contributed by atoms with E-state index in [-0.39, 0.29) is 29.8 Å². The number of hydrogen-bond donors (Lipinski definition) is 2. The molecule has 1 saturated heterocycles. The highest BCUT2D eigenvalue weighted by molar-refractivity contribution is 5.78. The summed E-state index contributed by atoms with van der Waals surface area (Å²) in [5.74, 6) is 0.626. The van der Waals surface area contributed by atoms with Gasteiger partial charge in [0.1, 0.15) is 18.2 Å². The van der Waals surface area contributed by atoms with Crippen molar-refractivity contribution in [3.8, 4) is 11.4 Å². The predicted molar refractivity (Wildman–Crippen MR) is 109 cm³/mol. The SMILES string of the molecule is CC(C)(C)NC(=O)N1CCC2(CC1)Cc1nc(-c3cccc(F)c3)nn1CC(=O)N2. The molecule has 2 aromatic rings. The number of nitrogens with one attached hydrogen (secondary N) is 2. The van der Waals surface area contributed by atoms with Crippen molar-refractivity contribution in [3.63, 3.8) is 0 Å². The third-order valence-corrected chi connectivity index (χ3v) is 5.52. The van der Waals surface area contributed by atoms with Crippen molar-refractivity contribution in [2.75, 3.05) is 13.1 Å². The molecule has 4 rings (SSSR count). The van der Waals surface area contributed by atoms with Crippen molar-refractivity contribution < 1.29 is 14.0 Å². The van der Waals surface area contributed by atoms with Gasteiger partial charge in [-0.05, 0) is 45.7 Å². The van der Waals surface area contributed by atoms with E-state index < -0.39 is 5.54 Å². The van der Waals surface area contributed by atoms with Crippen LogP contribution in [-0.4, -0.2) is 55.8 Å². The molecule has 30 heavy (non-hydrogen) atoms. The zero-order valence-electron chi connectivity index (χ0n) is 17.5. The number of piperidine rings is 1. The Bertz CT molecular complexity index is 972. The minimum Gasteiger partial charge on any atom is -0.348 e. The van der Waals surface area contributed by atoms with Gasteiger partial charge in [-0.3, -0.25) is 4.79 Å². The Balaban J connectivity index is 1.52. The molecule has 1 aromatic carbocycles. The summed E-state index contributed by atoms with van der Waals surface area (Å²) in [6.07, 6.45) is 1.80. The first-order valence-corrected chi connectivity index (χ1v) is 10.2. The molecule has 0 unspecified atom stereocenters. The molecule has 9 heteroatoms. The van der Waals surface area contributed by atoms with Gasteiger partial charge in [-0.2, -0.15) is 5.10 Å². The maximum absolute atomic E-state index is 13.6. The maximum atomic E-state index is 13.6. The number of halogens is 1. The number of fused-ring (bicyclic) bond motifs is 1. The number of amides is 3. The number of urea groups is 1. The second-order valence-electron chi connectivity index (χ2n) is 9.19. The Labute approximate surface area is 174 Å². The highest BCUT2D eigenvalue weighted by Gasteiger charge is 2.41. The summed E-state index contributed by atoms with van der Waals surface area (Å²) in [5, 5.41) is 10.6. The maximum Gasteiger partial charge on any atom is 0.317 e. The fraction of sp³-hybridized carbons (Fsp3) is 0.524. The van der Waals surface area contributed by atoms with Crippen molar-refractivity contribution >= 4 is 11.9 Å². The third kappa shape index (κ3) is 4.29. The summed E-state index contributed by atoms with van der Waals surface area (Å²) in [6, 6.07) is 6.03. The van der Waals surface area contributed by atoms with Crippen molar-refractivity contribution in [3.05, 3.63) is 35.9 Å². The van der Waals surface area contributed by atoms with Crippen LogP contribution in [0.25, 0.3) is 11.4 Å². The quantitative estimate of drug-likeness (QED) is 0.748. The predicted octanol–water partition coefficient (Wildman–Crippen LogP) is 2.10. The molecular formula is C21H27FN6O2. The van der Waals surface area contributed by atoms with E-state index in [0.29, 0.717) is 49.6 Å². The lowest BCUT2D eigenvalue weighted by atomic mass is 9.84. The largest absolute Gasteiger partial charge is 0.348 e. The van der Waals surface area contributed by atoms with Crippen LogP contribution in [0, 0.1) is 5.82 Å². The van der Waals surface area contributed by atoms with Crippen molar-refractivity contribution in [2.24, 2.45) is 0 Å². The molecule has 2 aliphatic rings. The molecule has 160 valence electrons. The van der Waals surface area contributed by atoms with E-state index in [4.69, 9.17) is 0 Å². The standard InChI is InChI=1S/C21H27FN6O2/c1-20(2,3)25-19(30)27-9-7-21(8-10-27)12-16-23-18(14-5-4-6-15(22)11-14)26-28(16)13-17(29)24-21/h4-6,11H,7-10,12-13H2,1-3H3,(H,24,29)(H,25,30). The molecule has 2 aliphatic heterocycles. The van der Waals surface area contributed by atoms with E-state index in [1.54, 1.807) is 21.7 Å². The van der Waals surface area contributed by atoms with Gasteiger partial charge in [0.2, 0.25) is 5.91 Å². The third-order valence-electron chi connectivity index (χ3n) is 5.52. The molecule has 0 saturated carbocycles. The Kier molecular flexibility index (Phi) is 4.99. The molecule has 0 radical (unpaired) electrons. The summed E-state index contributed by atoms with van der Waals surface area (Å²) in [6.45, 7) is 7.02. The van der Waals surface area contributed by atoms with E-state index in [9.17, 15) is 14.0 Å². The minimum atomic E-state index is -0.462. The van der Waals surface area contributed by atoms with Gasteiger partial charge < -0.3 is 15.5 Å². The Morgan fingerprint density at radius 2 is 2.00 bits per heavy atom. The van der Waals surface area contributed by atoms with Gasteiger partial charge in [-0.25, -0.2) is 18.9 Å².